The molecule has 1 unspecified atom stereocenters. The summed E-state index contributed by atoms with van der Waals surface area (Å²) >= 11 is 0. The summed E-state index contributed by atoms with van der Waals surface area (Å²) in [6.07, 6.45) is 1.86. The number of hydrogen-bond acceptors (Lipinski definition) is 3. The quantitative estimate of drug-likeness (QED) is 0.851. The Kier molecular flexibility index (Phi) is 3.99. The third kappa shape index (κ3) is 3.11. The van der Waals surface area contributed by atoms with E-state index in [0.717, 1.165) is 23.8 Å². The molecule has 0 radical (unpaired) electrons. The minimum absolute atomic E-state index is 0.291. The number of rotatable bonds is 5. The second-order valence-electron chi connectivity index (χ2n) is 4.37. The van der Waals surface area contributed by atoms with Crippen molar-refractivity contribution in [1.29, 1.82) is 0 Å². The molecular formula is C14H19N3O. The predicted molar refractivity (Wildman–Crippen MR) is 71.6 cm³/mol. The number of ether oxygens (including phenoxy) is 1. The van der Waals surface area contributed by atoms with Crippen LogP contribution < -0.4 is 10.1 Å². The van der Waals surface area contributed by atoms with Crippen LogP contribution in [-0.4, -0.2) is 17.1 Å². The number of methoxy groups -OCH3 is 1. The Hall–Kier alpha value is -1.81. The van der Waals surface area contributed by atoms with Crippen molar-refractivity contribution in [1.82, 2.24) is 15.3 Å². The Morgan fingerprint density at radius 3 is 2.61 bits per heavy atom. The largest absolute Gasteiger partial charge is 0.497 e. The molecule has 0 fully saturated rings. The van der Waals surface area contributed by atoms with E-state index >= 15 is 0 Å². The highest BCUT2D eigenvalue weighted by atomic mass is 16.5. The van der Waals surface area contributed by atoms with Crippen LogP contribution in [0.4, 0.5) is 0 Å². The van der Waals surface area contributed by atoms with Gasteiger partial charge in [-0.1, -0.05) is 12.1 Å². The van der Waals surface area contributed by atoms with Crippen LogP contribution in [0.2, 0.25) is 0 Å². The van der Waals surface area contributed by atoms with Gasteiger partial charge in [-0.05, 0) is 31.5 Å². The zero-order valence-corrected chi connectivity index (χ0v) is 11.0. The van der Waals surface area contributed by atoms with Gasteiger partial charge in [-0.2, -0.15) is 0 Å². The van der Waals surface area contributed by atoms with Crippen molar-refractivity contribution in [3.63, 3.8) is 0 Å². The standard InChI is InChI=1S/C14H19N3O/c1-10(12-4-6-14(18-3)7-5-12)15-8-13-9-16-11(2)17-13/h4-7,9-10,15H,8H2,1-3H3,(H,16,17). The van der Waals surface area contributed by atoms with Gasteiger partial charge in [0.1, 0.15) is 11.6 Å². The Bertz CT molecular complexity index is 490. The Morgan fingerprint density at radius 2 is 2.06 bits per heavy atom. The van der Waals surface area contributed by atoms with Gasteiger partial charge in [0, 0.05) is 24.5 Å². The second kappa shape index (κ2) is 5.69. The first kappa shape index (κ1) is 12.6. The summed E-state index contributed by atoms with van der Waals surface area (Å²) in [5.41, 5.74) is 2.35. The molecule has 0 saturated carbocycles. The lowest BCUT2D eigenvalue weighted by molar-refractivity contribution is 0.414. The highest BCUT2D eigenvalue weighted by molar-refractivity contribution is 5.28. The number of hydrogen-bond donors (Lipinski definition) is 2. The number of nitrogens with one attached hydrogen (secondary N) is 2. The van der Waals surface area contributed by atoms with Crippen LogP contribution in [0, 0.1) is 6.92 Å². The second-order valence-corrected chi connectivity index (χ2v) is 4.37. The average molecular weight is 245 g/mol. The molecule has 96 valence electrons. The number of aromatic amines is 1. The van der Waals surface area contributed by atoms with E-state index in [9.17, 15) is 0 Å². The fraction of sp³-hybridized carbons (Fsp3) is 0.357. The van der Waals surface area contributed by atoms with Gasteiger partial charge < -0.3 is 15.0 Å². The van der Waals surface area contributed by atoms with Crippen LogP contribution >= 0.6 is 0 Å². The van der Waals surface area contributed by atoms with E-state index in [1.165, 1.54) is 5.56 Å². The predicted octanol–water partition coefficient (Wildman–Crippen LogP) is 2.58. The van der Waals surface area contributed by atoms with E-state index in [2.05, 4.69) is 34.3 Å². The van der Waals surface area contributed by atoms with Crippen molar-refractivity contribution in [3.05, 3.63) is 47.5 Å². The summed E-state index contributed by atoms with van der Waals surface area (Å²) in [4.78, 5) is 7.39. The molecule has 1 aromatic carbocycles. The summed E-state index contributed by atoms with van der Waals surface area (Å²) in [5.74, 6) is 1.83. The maximum Gasteiger partial charge on any atom is 0.118 e. The molecule has 1 heterocycles. The third-order valence-electron chi connectivity index (χ3n) is 2.97. The van der Waals surface area contributed by atoms with E-state index < -0.39 is 0 Å². The first-order chi connectivity index (χ1) is 8.69. The monoisotopic (exact) mass is 245 g/mol. The van der Waals surface area contributed by atoms with Gasteiger partial charge in [-0.25, -0.2) is 4.98 Å². The number of imidazole rings is 1. The Morgan fingerprint density at radius 1 is 1.33 bits per heavy atom. The van der Waals surface area contributed by atoms with E-state index in [1.807, 2.05) is 25.3 Å². The van der Waals surface area contributed by atoms with Gasteiger partial charge in [-0.3, -0.25) is 0 Å². The van der Waals surface area contributed by atoms with Gasteiger partial charge in [0.15, 0.2) is 0 Å². The lowest BCUT2D eigenvalue weighted by atomic mass is 10.1. The van der Waals surface area contributed by atoms with Crippen molar-refractivity contribution in [3.8, 4) is 5.75 Å². The molecule has 18 heavy (non-hydrogen) atoms. The van der Waals surface area contributed by atoms with Crippen LogP contribution in [0.5, 0.6) is 5.75 Å². The summed E-state index contributed by atoms with van der Waals surface area (Å²) < 4.78 is 5.15. The summed E-state index contributed by atoms with van der Waals surface area (Å²) in [5, 5.41) is 3.45. The molecule has 0 spiro atoms. The molecule has 0 aliphatic rings. The molecule has 1 atom stereocenters. The third-order valence-corrected chi connectivity index (χ3v) is 2.97. The van der Waals surface area contributed by atoms with Gasteiger partial charge in [0.2, 0.25) is 0 Å². The van der Waals surface area contributed by atoms with Crippen LogP contribution in [0.1, 0.15) is 30.0 Å². The molecule has 4 nitrogen and oxygen atoms in total. The zero-order valence-electron chi connectivity index (χ0n) is 11.0. The molecule has 0 bridgehead atoms. The molecule has 0 amide bonds. The molecule has 0 saturated heterocycles. The lowest BCUT2D eigenvalue weighted by Gasteiger charge is -2.14. The molecular weight excluding hydrogens is 226 g/mol. The molecule has 2 rings (SSSR count). The molecule has 2 aromatic rings. The fourth-order valence-corrected chi connectivity index (χ4v) is 1.83. The van der Waals surface area contributed by atoms with Crippen molar-refractivity contribution >= 4 is 0 Å². The van der Waals surface area contributed by atoms with E-state index in [4.69, 9.17) is 4.74 Å². The van der Waals surface area contributed by atoms with Crippen molar-refractivity contribution in [2.75, 3.05) is 7.11 Å². The number of aryl methyl sites for hydroxylation is 1. The maximum atomic E-state index is 5.15. The van der Waals surface area contributed by atoms with E-state index in [0.29, 0.717) is 6.04 Å². The van der Waals surface area contributed by atoms with Gasteiger partial charge in [-0.15, -0.1) is 0 Å². The topological polar surface area (TPSA) is 49.9 Å². The summed E-state index contributed by atoms with van der Waals surface area (Å²) in [6.45, 7) is 4.88. The first-order valence-corrected chi connectivity index (χ1v) is 6.07. The smallest absolute Gasteiger partial charge is 0.118 e. The SMILES string of the molecule is COc1ccc(C(C)NCc2cnc(C)[nH]2)cc1. The maximum absolute atomic E-state index is 5.15. The Labute approximate surface area is 107 Å². The molecule has 2 N–H and O–H groups in total. The van der Waals surface area contributed by atoms with Crippen LogP contribution in [-0.2, 0) is 6.54 Å². The van der Waals surface area contributed by atoms with Crippen LogP contribution in [0.3, 0.4) is 0 Å². The number of H-pyrrole nitrogens is 1. The van der Waals surface area contributed by atoms with Gasteiger partial charge >= 0.3 is 0 Å². The number of benzene rings is 1. The highest BCUT2D eigenvalue weighted by Gasteiger charge is 2.05. The highest BCUT2D eigenvalue weighted by Crippen LogP contribution is 2.17. The van der Waals surface area contributed by atoms with Crippen LogP contribution in [0.25, 0.3) is 0 Å². The Balaban J connectivity index is 1.92. The fourth-order valence-electron chi connectivity index (χ4n) is 1.83. The molecule has 1 aromatic heterocycles. The first-order valence-electron chi connectivity index (χ1n) is 6.07. The minimum Gasteiger partial charge on any atom is -0.497 e. The van der Waals surface area contributed by atoms with Gasteiger partial charge in [0.05, 0.1) is 7.11 Å². The molecule has 0 aliphatic heterocycles. The van der Waals surface area contributed by atoms with E-state index in [-0.39, 0.29) is 0 Å². The average Bonchev–Trinajstić information content (AvgIpc) is 2.82. The van der Waals surface area contributed by atoms with Crippen LogP contribution in [0.15, 0.2) is 30.5 Å². The summed E-state index contributed by atoms with van der Waals surface area (Å²) in [7, 11) is 1.68. The molecule has 4 heteroatoms. The van der Waals surface area contributed by atoms with Crippen molar-refractivity contribution in [2.24, 2.45) is 0 Å². The zero-order chi connectivity index (χ0) is 13.0. The number of nitrogens with zero attached hydrogens (tertiary/aromatic N) is 1. The normalized spacial score (nSPS) is 12.4. The van der Waals surface area contributed by atoms with Crippen molar-refractivity contribution in [2.45, 2.75) is 26.4 Å². The minimum atomic E-state index is 0.291. The number of aromatic nitrogens is 2. The van der Waals surface area contributed by atoms with Gasteiger partial charge in [0.25, 0.3) is 0 Å². The van der Waals surface area contributed by atoms with Crippen molar-refractivity contribution < 1.29 is 4.74 Å². The lowest BCUT2D eigenvalue weighted by Crippen LogP contribution is -2.18. The van der Waals surface area contributed by atoms with E-state index in [1.54, 1.807) is 7.11 Å². The summed E-state index contributed by atoms with van der Waals surface area (Å²) in [6, 6.07) is 8.41. The molecule has 0 aliphatic carbocycles.